The van der Waals surface area contributed by atoms with E-state index in [1.54, 1.807) is 27.7 Å². The maximum absolute atomic E-state index is 12.6. The van der Waals surface area contributed by atoms with Gasteiger partial charge in [-0.2, -0.15) is 4.99 Å². The van der Waals surface area contributed by atoms with Gasteiger partial charge >= 0.3 is 13.6 Å². The van der Waals surface area contributed by atoms with Crippen LogP contribution in [0.15, 0.2) is 4.99 Å². The molecule has 0 aromatic carbocycles. The quantitative estimate of drug-likeness (QED) is 0.309. The van der Waals surface area contributed by atoms with Crippen molar-refractivity contribution in [1.29, 1.82) is 0 Å². The first-order valence-electron chi connectivity index (χ1n) is 7.52. The van der Waals surface area contributed by atoms with Crippen molar-refractivity contribution in [2.75, 3.05) is 12.9 Å². The monoisotopic (exact) mass is 352 g/mol. The number of nitrogens with zero attached hydrogens (tertiary/aromatic N) is 1. The highest BCUT2D eigenvalue weighted by molar-refractivity contribution is 7.53. The van der Waals surface area contributed by atoms with Gasteiger partial charge in [-0.05, 0) is 34.1 Å². The van der Waals surface area contributed by atoms with Crippen LogP contribution in [0.4, 0.5) is 4.79 Å². The van der Waals surface area contributed by atoms with Crippen molar-refractivity contribution < 1.29 is 23.1 Å². The number of urea groups is 1. The van der Waals surface area contributed by atoms with Crippen LogP contribution < -0.4 is 16.8 Å². The Morgan fingerprint density at radius 3 is 2.09 bits per heavy atom. The summed E-state index contributed by atoms with van der Waals surface area (Å²) in [6.45, 7) is 9.11. The summed E-state index contributed by atoms with van der Waals surface area (Å²) in [5, 5.41) is 2.50. The molecule has 0 bridgehead atoms. The van der Waals surface area contributed by atoms with E-state index in [4.69, 9.17) is 25.3 Å². The lowest BCUT2D eigenvalue weighted by molar-refractivity contribution is 0.0532. The smallest absolute Gasteiger partial charge is 0.356 e. The molecule has 0 heterocycles. The minimum absolute atomic E-state index is 0.176. The highest BCUT2D eigenvalue weighted by Crippen LogP contribution is 2.50. The van der Waals surface area contributed by atoms with Crippen molar-refractivity contribution in [3.05, 3.63) is 0 Å². The number of amides is 2. The fourth-order valence-electron chi connectivity index (χ4n) is 1.60. The predicted molar refractivity (Wildman–Crippen MR) is 89.3 cm³/mol. The fourth-order valence-corrected chi connectivity index (χ4v) is 3.45. The molecule has 9 nitrogen and oxygen atoms in total. The second-order valence-corrected chi connectivity index (χ2v) is 7.37. The van der Waals surface area contributed by atoms with Gasteiger partial charge < -0.3 is 30.6 Å². The Morgan fingerprint density at radius 2 is 1.70 bits per heavy atom. The summed E-state index contributed by atoms with van der Waals surface area (Å²) in [5.74, 6) is -0.323. The summed E-state index contributed by atoms with van der Waals surface area (Å²) in [6.07, 6.45) is -0.492. The molecule has 0 fully saturated rings. The largest absolute Gasteiger partial charge is 0.370 e. The van der Waals surface area contributed by atoms with Gasteiger partial charge in [0.05, 0.1) is 18.3 Å². The van der Waals surface area contributed by atoms with Crippen LogP contribution >= 0.6 is 7.60 Å². The number of carbonyl (C=O) groups is 1. The number of nitrogens with one attached hydrogen (secondary N) is 1. The van der Waals surface area contributed by atoms with Gasteiger partial charge in [0.25, 0.3) is 0 Å². The van der Waals surface area contributed by atoms with Gasteiger partial charge in [0.1, 0.15) is 6.35 Å². The van der Waals surface area contributed by atoms with Crippen LogP contribution in [-0.4, -0.2) is 43.2 Å². The van der Waals surface area contributed by atoms with Crippen molar-refractivity contribution >= 4 is 19.6 Å². The van der Waals surface area contributed by atoms with E-state index in [0.29, 0.717) is 6.42 Å². The average Bonchev–Trinajstić information content (AvgIpc) is 2.35. The standard InChI is InChI=1S/C13H29N4O5P/c1-6-11(7-16-13(18)17-12(14)15)20-8-23(19,21-9(2)3)22-10(4)5/h9-11H,6-8H2,1-5H3,(H5,14,15,16,17,18)/t11-/m1/s1. The molecule has 0 spiro atoms. The molecule has 136 valence electrons. The molecule has 0 saturated heterocycles. The van der Waals surface area contributed by atoms with Gasteiger partial charge in [-0.1, -0.05) is 6.92 Å². The Labute approximate surface area is 137 Å². The molecular weight excluding hydrogens is 323 g/mol. The minimum Gasteiger partial charge on any atom is -0.370 e. The van der Waals surface area contributed by atoms with Gasteiger partial charge in [0, 0.05) is 6.54 Å². The third-order valence-electron chi connectivity index (χ3n) is 2.38. The van der Waals surface area contributed by atoms with Gasteiger partial charge in [-0.25, -0.2) is 4.79 Å². The molecule has 0 aliphatic rings. The van der Waals surface area contributed by atoms with E-state index < -0.39 is 13.6 Å². The third kappa shape index (κ3) is 11.1. The number of guanidine groups is 1. The molecule has 0 saturated carbocycles. The number of aliphatic imine (C=N–C) groups is 1. The first-order valence-corrected chi connectivity index (χ1v) is 9.25. The number of carbonyl (C=O) groups excluding carboxylic acids is 1. The van der Waals surface area contributed by atoms with Crippen LogP contribution in [0.1, 0.15) is 41.0 Å². The number of ether oxygens (including phenoxy) is 1. The van der Waals surface area contributed by atoms with Crippen LogP contribution in [-0.2, 0) is 18.3 Å². The lowest BCUT2D eigenvalue weighted by atomic mass is 10.3. The van der Waals surface area contributed by atoms with E-state index in [1.165, 1.54) is 0 Å². The SMILES string of the molecule is CC[C@H](CNC(=O)N=C(N)N)OCP(=O)(OC(C)C)OC(C)C. The molecule has 0 aliphatic heterocycles. The Bertz CT molecular complexity index is 424. The van der Waals surface area contributed by atoms with Gasteiger partial charge in [-0.3, -0.25) is 4.57 Å². The summed E-state index contributed by atoms with van der Waals surface area (Å²) in [7, 11) is -3.37. The molecule has 1 atom stereocenters. The summed E-state index contributed by atoms with van der Waals surface area (Å²) < 4.78 is 29.0. The summed E-state index contributed by atoms with van der Waals surface area (Å²) in [4.78, 5) is 14.7. The van der Waals surface area contributed by atoms with E-state index >= 15 is 0 Å². The Hall–Kier alpha value is -1.15. The van der Waals surface area contributed by atoms with Crippen molar-refractivity contribution in [3.8, 4) is 0 Å². The lowest BCUT2D eigenvalue weighted by Crippen LogP contribution is -2.34. The molecule has 0 aromatic rings. The van der Waals surface area contributed by atoms with Crippen LogP contribution in [0.25, 0.3) is 0 Å². The van der Waals surface area contributed by atoms with E-state index in [-0.39, 0.29) is 37.2 Å². The number of hydrogen-bond acceptors (Lipinski definition) is 5. The maximum Gasteiger partial charge on any atom is 0.356 e. The van der Waals surface area contributed by atoms with Crippen molar-refractivity contribution in [2.45, 2.75) is 59.4 Å². The highest BCUT2D eigenvalue weighted by atomic mass is 31.2. The van der Waals surface area contributed by atoms with Gasteiger partial charge in [0.2, 0.25) is 0 Å². The fraction of sp³-hybridized carbons (Fsp3) is 0.846. The van der Waals surface area contributed by atoms with E-state index in [9.17, 15) is 9.36 Å². The third-order valence-corrected chi connectivity index (χ3v) is 4.33. The minimum atomic E-state index is -3.37. The van der Waals surface area contributed by atoms with Crippen molar-refractivity contribution in [2.24, 2.45) is 16.5 Å². The molecule has 0 unspecified atom stereocenters. The zero-order chi connectivity index (χ0) is 18.0. The maximum atomic E-state index is 12.6. The van der Waals surface area contributed by atoms with E-state index in [1.807, 2.05) is 6.92 Å². The first kappa shape index (κ1) is 21.9. The highest BCUT2D eigenvalue weighted by Gasteiger charge is 2.29. The summed E-state index contributed by atoms with van der Waals surface area (Å²) in [6, 6.07) is -0.660. The normalized spacial score (nSPS) is 13.2. The first-order chi connectivity index (χ1) is 10.6. The van der Waals surface area contributed by atoms with E-state index in [2.05, 4.69) is 10.3 Å². The summed E-state index contributed by atoms with van der Waals surface area (Å²) >= 11 is 0. The van der Waals surface area contributed by atoms with Crippen molar-refractivity contribution in [3.63, 3.8) is 0 Å². The number of rotatable bonds is 10. The van der Waals surface area contributed by atoms with Gasteiger partial charge in [-0.15, -0.1) is 0 Å². The van der Waals surface area contributed by atoms with Crippen LogP contribution in [0.3, 0.4) is 0 Å². The van der Waals surface area contributed by atoms with E-state index in [0.717, 1.165) is 0 Å². The Balaban J connectivity index is 4.56. The second kappa shape index (κ2) is 10.6. The number of hydrogen-bond donors (Lipinski definition) is 3. The molecule has 10 heteroatoms. The molecule has 0 aliphatic carbocycles. The predicted octanol–water partition coefficient (Wildman–Crippen LogP) is 1.77. The molecule has 5 N–H and O–H groups in total. The van der Waals surface area contributed by atoms with Crippen LogP contribution in [0.2, 0.25) is 0 Å². The Morgan fingerprint density at radius 1 is 1.17 bits per heavy atom. The molecule has 23 heavy (non-hydrogen) atoms. The molecule has 0 radical (unpaired) electrons. The summed E-state index contributed by atoms with van der Waals surface area (Å²) in [5.41, 5.74) is 10.2. The molecule has 0 aromatic heterocycles. The molecular formula is C13H29N4O5P. The van der Waals surface area contributed by atoms with Gasteiger partial charge in [0.15, 0.2) is 5.96 Å². The average molecular weight is 352 g/mol. The Kier molecular flexibility index (Phi) is 10.1. The second-order valence-electron chi connectivity index (χ2n) is 5.47. The van der Waals surface area contributed by atoms with Crippen LogP contribution in [0.5, 0.6) is 0 Å². The van der Waals surface area contributed by atoms with Crippen LogP contribution in [0, 0.1) is 0 Å². The molecule has 0 rings (SSSR count). The topological polar surface area (TPSA) is 138 Å². The zero-order valence-electron chi connectivity index (χ0n) is 14.4. The lowest BCUT2D eigenvalue weighted by Gasteiger charge is -2.25. The van der Waals surface area contributed by atoms with Crippen molar-refractivity contribution in [1.82, 2.24) is 5.32 Å². The number of nitrogens with two attached hydrogens (primary N) is 2. The molecule has 2 amide bonds. The zero-order valence-corrected chi connectivity index (χ0v) is 15.3.